The van der Waals surface area contributed by atoms with Gasteiger partial charge in [-0.2, -0.15) is 4.98 Å². The molecule has 11 heteroatoms. The number of nitrogens with zero attached hydrogens (tertiary/aromatic N) is 5. The van der Waals surface area contributed by atoms with Crippen LogP contribution in [-0.2, 0) is 11.2 Å². The quantitative estimate of drug-likeness (QED) is 0.475. The Hall–Kier alpha value is -3.28. The summed E-state index contributed by atoms with van der Waals surface area (Å²) in [5.41, 5.74) is 13.0. The molecule has 3 aliphatic rings. The number of amides is 3. The first-order chi connectivity index (χ1) is 18.2. The summed E-state index contributed by atoms with van der Waals surface area (Å²) in [6, 6.07) is 9.14. The molecule has 3 heterocycles. The molecule has 5 rings (SSSR count). The highest BCUT2D eigenvalue weighted by atomic mass is 16.2. The third kappa shape index (κ3) is 5.45. The number of fused-ring (bicyclic) bond motifs is 1. The third-order valence-corrected chi connectivity index (χ3v) is 8.35. The van der Waals surface area contributed by atoms with Gasteiger partial charge in [-0.05, 0) is 68.3 Å². The lowest BCUT2D eigenvalue weighted by molar-refractivity contribution is -0.133. The topological polar surface area (TPSA) is 143 Å². The van der Waals surface area contributed by atoms with Crippen LogP contribution in [0.15, 0.2) is 41.3 Å². The SMILES string of the molecule is CC(N)C(=O)N1CCN(C(=O)Nc2ccn(-c3ccc(CC(C)N4C[C@@H]5C(CN)[C@@H]5C4)cc3)c(=O)n2)CC1. The molecular weight excluding hydrogens is 484 g/mol. The van der Waals surface area contributed by atoms with Crippen LogP contribution in [0.25, 0.3) is 5.69 Å². The predicted octanol–water partition coefficient (Wildman–Crippen LogP) is 0.323. The second-order valence-electron chi connectivity index (χ2n) is 10.9. The summed E-state index contributed by atoms with van der Waals surface area (Å²) in [4.78, 5) is 47.3. The average Bonchev–Trinajstić information content (AvgIpc) is 3.38. The van der Waals surface area contributed by atoms with Crippen molar-refractivity contribution in [1.29, 1.82) is 0 Å². The van der Waals surface area contributed by atoms with E-state index in [1.807, 2.05) is 12.1 Å². The van der Waals surface area contributed by atoms with Crippen LogP contribution >= 0.6 is 0 Å². The van der Waals surface area contributed by atoms with E-state index in [1.54, 1.807) is 29.0 Å². The van der Waals surface area contributed by atoms with Crippen LogP contribution in [0.2, 0.25) is 0 Å². The monoisotopic (exact) mass is 522 g/mol. The maximum Gasteiger partial charge on any atom is 0.354 e. The second kappa shape index (κ2) is 10.8. The number of carbonyl (C=O) groups is 2. The van der Waals surface area contributed by atoms with Gasteiger partial charge in [0.1, 0.15) is 5.82 Å². The molecule has 204 valence electrons. The summed E-state index contributed by atoms with van der Waals surface area (Å²) in [6.07, 6.45) is 2.57. The summed E-state index contributed by atoms with van der Waals surface area (Å²) in [7, 11) is 0. The summed E-state index contributed by atoms with van der Waals surface area (Å²) >= 11 is 0. The summed E-state index contributed by atoms with van der Waals surface area (Å²) in [5.74, 6) is 2.38. The van der Waals surface area contributed by atoms with Crippen LogP contribution in [-0.4, -0.2) is 94.1 Å². The van der Waals surface area contributed by atoms with Crippen molar-refractivity contribution in [2.24, 2.45) is 29.2 Å². The number of carbonyl (C=O) groups excluding carboxylic acids is 2. The van der Waals surface area contributed by atoms with E-state index in [2.05, 4.69) is 34.3 Å². The lowest BCUT2D eigenvalue weighted by atomic mass is 10.0. The van der Waals surface area contributed by atoms with Gasteiger partial charge in [0.2, 0.25) is 5.91 Å². The number of aromatic nitrogens is 2. The van der Waals surface area contributed by atoms with E-state index >= 15 is 0 Å². The van der Waals surface area contributed by atoms with Gasteiger partial charge in [-0.3, -0.25) is 19.6 Å². The molecule has 38 heavy (non-hydrogen) atoms. The van der Waals surface area contributed by atoms with Crippen molar-refractivity contribution in [3.63, 3.8) is 0 Å². The lowest BCUT2D eigenvalue weighted by Crippen LogP contribution is -2.54. The number of rotatable bonds is 7. The van der Waals surface area contributed by atoms with Gasteiger partial charge >= 0.3 is 11.7 Å². The molecule has 0 spiro atoms. The number of nitrogens with one attached hydrogen (secondary N) is 1. The zero-order valence-corrected chi connectivity index (χ0v) is 22.1. The Labute approximate surface area is 222 Å². The number of likely N-dealkylation sites (tertiary alicyclic amines) is 1. The maximum absolute atomic E-state index is 12.7. The van der Waals surface area contributed by atoms with Crippen LogP contribution < -0.4 is 22.5 Å². The minimum atomic E-state index is -0.559. The minimum Gasteiger partial charge on any atom is -0.338 e. The average molecular weight is 523 g/mol. The molecule has 2 aliphatic heterocycles. The van der Waals surface area contributed by atoms with Crippen LogP contribution in [0.3, 0.4) is 0 Å². The molecule has 3 amide bonds. The molecule has 1 aromatic carbocycles. The Kier molecular flexibility index (Phi) is 7.51. The van der Waals surface area contributed by atoms with E-state index < -0.39 is 11.7 Å². The van der Waals surface area contributed by atoms with Crippen molar-refractivity contribution in [2.45, 2.75) is 32.4 Å². The molecule has 0 bridgehead atoms. The number of anilines is 1. The molecule has 2 saturated heterocycles. The highest BCUT2D eigenvalue weighted by molar-refractivity contribution is 5.88. The van der Waals surface area contributed by atoms with Gasteiger partial charge in [0.05, 0.1) is 11.7 Å². The number of urea groups is 1. The largest absolute Gasteiger partial charge is 0.354 e. The van der Waals surface area contributed by atoms with E-state index in [1.165, 1.54) is 10.1 Å². The van der Waals surface area contributed by atoms with Crippen molar-refractivity contribution in [3.8, 4) is 5.69 Å². The smallest absolute Gasteiger partial charge is 0.338 e. The van der Waals surface area contributed by atoms with Crippen molar-refractivity contribution in [1.82, 2.24) is 24.3 Å². The van der Waals surface area contributed by atoms with E-state index in [0.717, 1.165) is 49.5 Å². The van der Waals surface area contributed by atoms with Crippen LogP contribution in [0.5, 0.6) is 0 Å². The van der Waals surface area contributed by atoms with Gasteiger partial charge < -0.3 is 21.3 Å². The molecule has 1 saturated carbocycles. The first-order valence-electron chi connectivity index (χ1n) is 13.5. The molecule has 1 aromatic heterocycles. The summed E-state index contributed by atoms with van der Waals surface area (Å²) < 4.78 is 1.46. The number of benzene rings is 1. The van der Waals surface area contributed by atoms with E-state index in [-0.39, 0.29) is 17.8 Å². The van der Waals surface area contributed by atoms with E-state index in [0.29, 0.717) is 32.2 Å². The highest BCUT2D eigenvalue weighted by Crippen LogP contribution is 2.51. The Balaban J connectivity index is 1.14. The van der Waals surface area contributed by atoms with Gasteiger partial charge in [0.25, 0.3) is 0 Å². The lowest BCUT2D eigenvalue weighted by Gasteiger charge is -2.35. The Morgan fingerprint density at radius 3 is 2.24 bits per heavy atom. The van der Waals surface area contributed by atoms with Crippen molar-refractivity contribution < 1.29 is 9.59 Å². The highest BCUT2D eigenvalue weighted by Gasteiger charge is 2.55. The van der Waals surface area contributed by atoms with Crippen molar-refractivity contribution >= 4 is 17.8 Å². The van der Waals surface area contributed by atoms with Gasteiger partial charge in [0.15, 0.2) is 0 Å². The molecule has 2 aromatic rings. The number of piperidine rings is 1. The number of hydrogen-bond donors (Lipinski definition) is 3. The first kappa shape index (κ1) is 26.3. The predicted molar refractivity (Wildman–Crippen MR) is 145 cm³/mol. The fourth-order valence-corrected chi connectivity index (χ4v) is 5.93. The second-order valence-corrected chi connectivity index (χ2v) is 10.9. The molecule has 11 nitrogen and oxygen atoms in total. The van der Waals surface area contributed by atoms with E-state index in [9.17, 15) is 14.4 Å². The fourth-order valence-electron chi connectivity index (χ4n) is 5.93. The molecular formula is C27H38N8O3. The summed E-state index contributed by atoms with van der Waals surface area (Å²) in [5, 5.41) is 2.69. The van der Waals surface area contributed by atoms with E-state index in [4.69, 9.17) is 11.5 Å². The number of piperazine rings is 1. The normalized spacial score (nSPS) is 24.6. The first-order valence-corrected chi connectivity index (χ1v) is 13.5. The number of nitrogens with two attached hydrogens (primary N) is 2. The molecule has 1 aliphatic carbocycles. The fraction of sp³-hybridized carbons (Fsp3) is 0.556. The zero-order valence-electron chi connectivity index (χ0n) is 22.1. The van der Waals surface area contributed by atoms with Crippen molar-refractivity contribution in [3.05, 3.63) is 52.6 Å². The molecule has 3 fully saturated rings. The Morgan fingerprint density at radius 1 is 1.03 bits per heavy atom. The van der Waals surface area contributed by atoms with Gasteiger partial charge in [-0.15, -0.1) is 0 Å². The minimum absolute atomic E-state index is 0.123. The molecule has 3 unspecified atom stereocenters. The van der Waals surface area contributed by atoms with Crippen molar-refractivity contribution in [2.75, 3.05) is 51.1 Å². The Morgan fingerprint density at radius 2 is 1.66 bits per heavy atom. The standard InChI is InChI=1S/C27H38N8O3/c1-17(34-15-22-21(14-28)23(22)16-34)13-19-3-5-20(6-4-19)35-8-7-24(31-27(35)38)30-26(37)33-11-9-32(10-12-33)25(36)18(2)29/h3-8,17-18,21-23H,9-16,28-29H2,1-2H3,(H,30,31,37,38)/t17?,18?,21?,22-,23+. The third-order valence-electron chi connectivity index (χ3n) is 8.35. The van der Waals surface area contributed by atoms with Crippen LogP contribution in [0.1, 0.15) is 19.4 Å². The van der Waals surface area contributed by atoms with Gasteiger partial charge in [0, 0.05) is 51.5 Å². The van der Waals surface area contributed by atoms with Crippen LogP contribution in [0.4, 0.5) is 10.6 Å². The number of hydrogen-bond acceptors (Lipinski definition) is 7. The van der Waals surface area contributed by atoms with Gasteiger partial charge in [-0.1, -0.05) is 12.1 Å². The molecule has 5 N–H and O–H groups in total. The Bertz CT molecular complexity index is 1210. The molecule has 5 atom stereocenters. The zero-order chi connectivity index (χ0) is 27.0. The summed E-state index contributed by atoms with van der Waals surface area (Å²) in [6.45, 7) is 8.67. The molecule has 0 radical (unpaired) electrons. The van der Waals surface area contributed by atoms with Crippen LogP contribution in [0, 0.1) is 17.8 Å². The maximum atomic E-state index is 12.7. The van der Waals surface area contributed by atoms with Gasteiger partial charge in [-0.25, -0.2) is 9.59 Å².